The Hall–Kier alpha value is 0.644. The van der Waals surface area contributed by atoms with Crippen molar-refractivity contribution in [2.75, 3.05) is 13.2 Å². The van der Waals surface area contributed by atoms with Crippen molar-refractivity contribution in [3.8, 4) is 0 Å². The van der Waals surface area contributed by atoms with E-state index in [1.165, 1.54) is 0 Å². The molecule has 0 aliphatic rings. The van der Waals surface area contributed by atoms with Gasteiger partial charge in [0.1, 0.15) is 0 Å². The molecule has 0 aromatic carbocycles. The van der Waals surface area contributed by atoms with Crippen LogP contribution in [0.1, 0.15) is 52.4 Å². The van der Waals surface area contributed by atoms with Gasteiger partial charge in [-0.05, 0) is 12.8 Å². The Morgan fingerprint density at radius 2 is 1.27 bits per heavy atom. The van der Waals surface area contributed by atoms with Crippen LogP contribution in [0.25, 0.3) is 0 Å². The van der Waals surface area contributed by atoms with E-state index in [1.54, 1.807) is 0 Å². The minimum Gasteiger partial charge on any atom is -0.311 e. The monoisotopic (exact) mass is 280 g/mol. The summed E-state index contributed by atoms with van der Waals surface area (Å²) in [5.41, 5.74) is 0. The van der Waals surface area contributed by atoms with E-state index in [9.17, 15) is 4.57 Å². The Bertz CT molecular complexity index is 131. The topological polar surface area (TPSA) is 35.5 Å². The SMILES string of the molecule is CCCCCO[PH](=O)OCCCCC.[Ni]. The molecule has 0 spiro atoms. The first-order valence-electron chi connectivity index (χ1n) is 5.60. The smallest absolute Gasteiger partial charge is 0.311 e. The van der Waals surface area contributed by atoms with Gasteiger partial charge in [-0.1, -0.05) is 39.5 Å². The predicted octanol–water partition coefficient (Wildman–Crippen LogP) is 3.79. The molecule has 0 amide bonds. The molecule has 0 N–H and O–H groups in total. The molecule has 0 saturated carbocycles. The van der Waals surface area contributed by atoms with Crippen molar-refractivity contribution in [1.82, 2.24) is 0 Å². The van der Waals surface area contributed by atoms with Gasteiger partial charge in [-0.3, -0.25) is 4.57 Å². The van der Waals surface area contributed by atoms with Crippen molar-refractivity contribution in [3.63, 3.8) is 0 Å². The second-order valence-corrected chi connectivity index (χ2v) is 4.44. The van der Waals surface area contributed by atoms with E-state index in [2.05, 4.69) is 13.8 Å². The first kappa shape index (κ1) is 18.0. The fourth-order valence-corrected chi connectivity index (χ4v) is 1.76. The summed E-state index contributed by atoms with van der Waals surface area (Å²) >= 11 is 0. The van der Waals surface area contributed by atoms with Crippen LogP contribution in [-0.2, 0) is 30.1 Å². The molecule has 0 bridgehead atoms. The molecule has 3 nitrogen and oxygen atoms in total. The first-order chi connectivity index (χ1) is 6.81. The molecule has 0 unspecified atom stereocenters. The average molecular weight is 281 g/mol. The van der Waals surface area contributed by atoms with E-state index < -0.39 is 8.25 Å². The number of unbranched alkanes of at least 4 members (excludes halogenated alkanes) is 4. The van der Waals surface area contributed by atoms with Crippen molar-refractivity contribution in [1.29, 1.82) is 0 Å². The van der Waals surface area contributed by atoms with Crippen LogP contribution in [0.15, 0.2) is 0 Å². The maximum atomic E-state index is 11.1. The van der Waals surface area contributed by atoms with Gasteiger partial charge in [0.15, 0.2) is 0 Å². The Morgan fingerprint density at radius 1 is 0.867 bits per heavy atom. The van der Waals surface area contributed by atoms with Gasteiger partial charge < -0.3 is 9.05 Å². The van der Waals surface area contributed by atoms with Crippen molar-refractivity contribution < 1.29 is 30.1 Å². The average Bonchev–Trinajstić information content (AvgIpc) is 2.19. The molecular weight excluding hydrogens is 258 g/mol. The molecule has 0 radical (unpaired) electrons. The molecule has 0 fully saturated rings. The summed E-state index contributed by atoms with van der Waals surface area (Å²) in [5.74, 6) is 0. The molecule has 0 aromatic heterocycles. The van der Waals surface area contributed by atoms with Crippen molar-refractivity contribution in [3.05, 3.63) is 0 Å². The third-order valence-corrected chi connectivity index (χ3v) is 2.82. The molecule has 15 heavy (non-hydrogen) atoms. The summed E-state index contributed by atoms with van der Waals surface area (Å²) in [6.07, 6.45) is 6.52. The summed E-state index contributed by atoms with van der Waals surface area (Å²) in [6.45, 7) is 5.40. The number of hydrogen-bond acceptors (Lipinski definition) is 3. The zero-order chi connectivity index (χ0) is 10.6. The molecule has 5 heteroatoms. The van der Waals surface area contributed by atoms with Crippen LogP contribution in [0.5, 0.6) is 0 Å². The van der Waals surface area contributed by atoms with Gasteiger partial charge in [0.25, 0.3) is 0 Å². The van der Waals surface area contributed by atoms with E-state index >= 15 is 0 Å². The third-order valence-electron chi connectivity index (χ3n) is 1.94. The maximum Gasteiger partial charge on any atom is 0.319 e. The zero-order valence-corrected chi connectivity index (χ0v) is 11.7. The van der Waals surface area contributed by atoms with Crippen LogP contribution in [0.4, 0.5) is 0 Å². The van der Waals surface area contributed by atoms with Crippen molar-refractivity contribution >= 4 is 8.25 Å². The fraction of sp³-hybridized carbons (Fsp3) is 1.00. The standard InChI is InChI=1S/C10H23O3P.Ni/c1-3-5-7-9-12-14(11)13-10-8-6-4-2;/h14H,3-10H2,1-2H3;. The van der Waals surface area contributed by atoms with Gasteiger partial charge in [-0.25, -0.2) is 0 Å². The molecule has 96 valence electrons. The van der Waals surface area contributed by atoms with E-state index in [0.29, 0.717) is 13.2 Å². The molecule has 0 aliphatic carbocycles. The van der Waals surface area contributed by atoms with E-state index in [-0.39, 0.29) is 16.5 Å². The van der Waals surface area contributed by atoms with Crippen LogP contribution in [0.3, 0.4) is 0 Å². The minimum absolute atomic E-state index is 0. The van der Waals surface area contributed by atoms with Crippen LogP contribution in [0.2, 0.25) is 0 Å². The van der Waals surface area contributed by atoms with E-state index in [4.69, 9.17) is 9.05 Å². The van der Waals surface area contributed by atoms with Gasteiger partial charge in [-0.2, -0.15) is 0 Å². The zero-order valence-electron chi connectivity index (χ0n) is 9.70. The molecular formula is C10H23NiO3P. The summed E-state index contributed by atoms with van der Waals surface area (Å²) in [6, 6.07) is 0. The second-order valence-electron chi connectivity index (χ2n) is 3.36. The molecule has 0 rings (SSSR count). The Balaban J connectivity index is 0. The largest absolute Gasteiger partial charge is 0.319 e. The van der Waals surface area contributed by atoms with E-state index in [1.807, 2.05) is 0 Å². The van der Waals surface area contributed by atoms with Crippen LogP contribution < -0.4 is 0 Å². The molecule has 0 saturated heterocycles. The van der Waals surface area contributed by atoms with Crippen LogP contribution in [-0.4, -0.2) is 13.2 Å². The molecule has 0 heterocycles. The van der Waals surface area contributed by atoms with Gasteiger partial charge in [-0.15, -0.1) is 0 Å². The fourth-order valence-electron chi connectivity index (χ4n) is 1.06. The Morgan fingerprint density at radius 3 is 1.60 bits per heavy atom. The normalized spacial score (nSPS) is 10.3. The van der Waals surface area contributed by atoms with Crippen molar-refractivity contribution in [2.45, 2.75) is 52.4 Å². The van der Waals surface area contributed by atoms with Gasteiger partial charge >= 0.3 is 8.25 Å². The van der Waals surface area contributed by atoms with Gasteiger partial charge in [0.05, 0.1) is 13.2 Å². The predicted molar refractivity (Wildman–Crippen MR) is 60.0 cm³/mol. The summed E-state index contributed by atoms with van der Waals surface area (Å²) in [4.78, 5) is 0. The quantitative estimate of drug-likeness (QED) is 0.347. The van der Waals surface area contributed by atoms with Crippen LogP contribution in [0, 0.1) is 0 Å². The van der Waals surface area contributed by atoms with Gasteiger partial charge in [0.2, 0.25) is 0 Å². The van der Waals surface area contributed by atoms with Crippen molar-refractivity contribution in [2.24, 2.45) is 0 Å². The number of rotatable bonds is 10. The second kappa shape index (κ2) is 14.6. The summed E-state index contributed by atoms with van der Waals surface area (Å²) in [7, 11) is -2.20. The Kier molecular flexibility index (Phi) is 17.6. The summed E-state index contributed by atoms with van der Waals surface area (Å²) < 4.78 is 21.2. The maximum absolute atomic E-state index is 11.1. The Labute approximate surface area is 104 Å². The molecule has 0 aromatic rings. The molecule has 0 aliphatic heterocycles. The number of hydrogen-bond donors (Lipinski definition) is 0. The third kappa shape index (κ3) is 14.6. The van der Waals surface area contributed by atoms with E-state index in [0.717, 1.165) is 38.5 Å². The van der Waals surface area contributed by atoms with Crippen LogP contribution >= 0.6 is 8.25 Å². The van der Waals surface area contributed by atoms with Gasteiger partial charge in [0, 0.05) is 16.5 Å². The first-order valence-corrected chi connectivity index (χ1v) is 6.83. The minimum atomic E-state index is -2.20. The summed E-state index contributed by atoms with van der Waals surface area (Å²) in [5, 5.41) is 0. The molecule has 0 atom stereocenters.